The van der Waals surface area contributed by atoms with Gasteiger partial charge in [-0.05, 0) is 43.1 Å². The van der Waals surface area contributed by atoms with Gasteiger partial charge in [-0.3, -0.25) is 4.90 Å². The van der Waals surface area contributed by atoms with Gasteiger partial charge in [-0.25, -0.2) is 8.42 Å². The monoisotopic (exact) mass is 393 g/mol. The van der Waals surface area contributed by atoms with Gasteiger partial charge in [0.25, 0.3) is 0 Å². The summed E-state index contributed by atoms with van der Waals surface area (Å²) in [6, 6.07) is 10.8. The molecule has 4 rings (SSSR count). The summed E-state index contributed by atoms with van der Waals surface area (Å²) in [6.07, 6.45) is 4.15. The van der Waals surface area contributed by atoms with Crippen LogP contribution in [0.5, 0.6) is 0 Å². The Kier molecular flexibility index (Phi) is 5.88. The predicted octanol–water partition coefficient (Wildman–Crippen LogP) is 2.47. The zero-order chi connectivity index (χ0) is 18.7. The number of ether oxygens (including phenoxy) is 2. The first-order valence-corrected chi connectivity index (χ1v) is 12.1. The topological polar surface area (TPSA) is 55.8 Å². The average Bonchev–Trinajstić information content (AvgIpc) is 2.72. The highest BCUT2D eigenvalue weighted by atomic mass is 32.2. The van der Waals surface area contributed by atoms with E-state index in [2.05, 4.69) is 35.2 Å². The molecule has 0 radical (unpaired) electrons. The zero-order valence-electron chi connectivity index (χ0n) is 16.0. The lowest BCUT2D eigenvalue weighted by Gasteiger charge is -2.56. The highest BCUT2D eigenvalue weighted by molar-refractivity contribution is 7.91. The number of sulfone groups is 1. The van der Waals surface area contributed by atoms with Crippen molar-refractivity contribution in [2.24, 2.45) is 11.8 Å². The normalized spacial score (nSPS) is 26.1. The van der Waals surface area contributed by atoms with Crippen LogP contribution in [0.2, 0.25) is 0 Å². The number of hydrogen-bond donors (Lipinski definition) is 0. The SMILES string of the molecule is O=S1(=O)CCN(C(c2ccccc2)(C2CCOCC2)C2CCOCC2)CC1. The first-order valence-electron chi connectivity index (χ1n) is 10.3. The summed E-state index contributed by atoms with van der Waals surface area (Å²) in [4.78, 5) is 2.52. The van der Waals surface area contributed by atoms with Gasteiger partial charge in [0.05, 0.1) is 17.0 Å². The standard InChI is InChI=1S/C21H31NO4S/c23-27(24)16-10-22(11-17-27)21(18-4-2-1-3-5-18,19-6-12-25-13-7-19)20-8-14-26-15-9-20/h1-5,19-20H,6-17H2. The molecule has 3 aliphatic rings. The first kappa shape index (κ1) is 19.4. The molecule has 3 fully saturated rings. The van der Waals surface area contributed by atoms with Crippen LogP contribution in [0.4, 0.5) is 0 Å². The maximum absolute atomic E-state index is 12.1. The molecule has 0 amide bonds. The highest BCUT2D eigenvalue weighted by Gasteiger charge is 2.52. The van der Waals surface area contributed by atoms with Crippen molar-refractivity contribution < 1.29 is 17.9 Å². The minimum atomic E-state index is -2.91. The second-order valence-electron chi connectivity index (χ2n) is 8.10. The van der Waals surface area contributed by atoms with E-state index in [0.717, 1.165) is 52.1 Å². The number of rotatable bonds is 4. The molecule has 5 nitrogen and oxygen atoms in total. The lowest BCUT2D eigenvalue weighted by Crippen LogP contribution is -2.61. The summed E-state index contributed by atoms with van der Waals surface area (Å²) in [5.74, 6) is 1.51. The fraction of sp³-hybridized carbons (Fsp3) is 0.714. The van der Waals surface area contributed by atoms with Gasteiger partial charge in [-0.15, -0.1) is 0 Å². The van der Waals surface area contributed by atoms with Crippen LogP contribution in [0.25, 0.3) is 0 Å². The maximum Gasteiger partial charge on any atom is 0.152 e. The molecule has 0 bridgehead atoms. The van der Waals surface area contributed by atoms with Crippen molar-refractivity contribution in [3.8, 4) is 0 Å². The van der Waals surface area contributed by atoms with Gasteiger partial charge in [0.15, 0.2) is 9.84 Å². The molecule has 6 heteroatoms. The Morgan fingerprint density at radius 1 is 0.815 bits per heavy atom. The quantitative estimate of drug-likeness (QED) is 0.787. The molecule has 3 heterocycles. The van der Waals surface area contributed by atoms with Crippen molar-refractivity contribution in [2.45, 2.75) is 31.2 Å². The summed E-state index contributed by atoms with van der Waals surface area (Å²) in [5, 5.41) is 0. The molecule has 1 aromatic carbocycles. The number of nitrogens with zero attached hydrogens (tertiary/aromatic N) is 1. The van der Waals surface area contributed by atoms with Gasteiger partial charge in [0, 0.05) is 39.5 Å². The molecule has 0 atom stereocenters. The highest BCUT2D eigenvalue weighted by Crippen LogP contribution is 2.50. The molecule has 0 N–H and O–H groups in total. The Labute approximate surface area is 163 Å². The molecule has 0 saturated carbocycles. The van der Waals surface area contributed by atoms with Crippen molar-refractivity contribution in [3.05, 3.63) is 35.9 Å². The average molecular weight is 394 g/mol. The second-order valence-corrected chi connectivity index (χ2v) is 10.4. The summed E-state index contributed by atoms with van der Waals surface area (Å²) < 4.78 is 35.7. The van der Waals surface area contributed by atoms with Gasteiger partial charge in [-0.1, -0.05) is 30.3 Å². The van der Waals surface area contributed by atoms with Gasteiger partial charge < -0.3 is 9.47 Å². The van der Waals surface area contributed by atoms with Crippen LogP contribution in [0.1, 0.15) is 31.2 Å². The molecule has 27 heavy (non-hydrogen) atoms. The molecule has 150 valence electrons. The first-order chi connectivity index (χ1) is 13.1. The van der Waals surface area contributed by atoms with Crippen molar-refractivity contribution in [3.63, 3.8) is 0 Å². The van der Waals surface area contributed by atoms with E-state index in [9.17, 15) is 8.42 Å². The third-order valence-electron chi connectivity index (χ3n) is 6.79. The van der Waals surface area contributed by atoms with Crippen LogP contribution in [0.3, 0.4) is 0 Å². The Morgan fingerprint density at radius 3 is 1.78 bits per heavy atom. The number of benzene rings is 1. The van der Waals surface area contributed by atoms with Gasteiger partial charge in [0.1, 0.15) is 0 Å². The van der Waals surface area contributed by atoms with Crippen molar-refractivity contribution in [1.29, 1.82) is 0 Å². The molecule has 1 aromatic rings. The molecule has 0 aromatic heterocycles. The van der Waals surface area contributed by atoms with Crippen molar-refractivity contribution in [1.82, 2.24) is 4.90 Å². The van der Waals surface area contributed by atoms with Crippen LogP contribution >= 0.6 is 0 Å². The molecular formula is C21H31NO4S. The maximum atomic E-state index is 12.1. The molecule has 0 spiro atoms. The van der Waals surface area contributed by atoms with E-state index in [-0.39, 0.29) is 17.0 Å². The van der Waals surface area contributed by atoms with Crippen LogP contribution < -0.4 is 0 Å². The Bertz CT molecular complexity index is 677. The summed E-state index contributed by atoms with van der Waals surface area (Å²) in [5.41, 5.74) is 1.23. The fourth-order valence-corrected chi connectivity index (χ4v) is 6.77. The minimum absolute atomic E-state index is 0.120. The Morgan fingerprint density at radius 2 is 1.30 bits per heavy atom. The Balaban J connectivity index is 1.80. The van der Waals surface area contributed by atoms with E-state index >= 15 is 0 Å². The van der Waals surface area contributed by atoms with Crippen LogP contribution in [0, 0.1) is 11.8 Å². The second kappa shape index (κ2) is 8.19. The predicted molar refractivity (Wildman–Crippen MR) is 105 cm³/mol. The van der Waals surface area contributed by atoms with Crippen LogP contribution in [-0.4, -0.2) is 64.3 Å². The third-order valence-corrected chi connectivity index (χ3v) is 8.40. The lowest BCUT2D eigenvalue weighted by molar-refractivity contribution is -0.0924. The fourth-order valence-electron chi connectivity index (χ4n) is 5.57. The van der Waals surface area contributed by atoms with Crippen molar-refractivity contribution >= 4 is 9.84 Å². The van der Waals surface area contributed by atoms with Crippen molar-refractivity contribution in [2.75, 3.05) is 51.0 Å². The van der Waals surface area contributed by atoms with Crippen LogP contribution in [-0.2, 0) is 24.8 Å². The van der Waals surface area contributed by atoms with E-state index in [1.54, 1.807) is 0 Å². The smallest absolute Gasteiger partial charge is 0.152 e. The third kappa shape index (κ3) is 3.82. The van der Waals surface area contributed by atoms with E-state index in [4.69, 9.17) is 9.47 Å². The van der Waals surface area contributed by atoms with E-state index in [1.807, 2.05) is 0 Å². The van der Waals surface area contributed by atoms with Crippen LogP contribution in [0.15, 0.2) is 30.3 Å². The largest absolute Gasteiger partial charge is 0.381 e. The van der Waals surface area contributed by atoms with E-state index < -0.39 is 9.84 Å². The number of hydrogen-bond acceptors (Lipinski definition) is 5. The molecule has 0 unspecified atom stereocenters. The summed E-state index contributed by atoms with van der Waals surface area (Å²) in [6.45, 7) is 4.46. The molecule has 3 aliphatic heterocycles. The summed E-state index contributed by atoms with van der Waals surface area (Å²) in [7, 11) is -2.91. The lowest BCUT2D eigenvalue weighted by atomic mass is 9.63. The molecule has 0 aliphatic carbocycles. The minimum Gasteiger partial charge on any atom is -0.381 e. The summed E-state index contributed by atoms with van der Waals surface area (Å²) >= 11 is 0. The van der Waals surface area contributed by atoms with E-state index in [0.29, 0.717) is 24.9 Å². The van der Waals surface area contributed by atoms with Gasteiger partial charge >= 0.3 is 0 Å². The molecule has 3 saturated heterocycles. The molecular weight excluding hydrogens is 362 g/mol. The van der Waals surface area contributed by atoms with E-state index in [1.165, 1.54) is 5.56 Å². The van der Waals surface area contributed by atoms with Gasteiger partial charge in [0.2, 0.25) is 0 Å². The Hall–Kier alpha value is -0.950. The zero-order valence-corrected chi connectivity index (χ0v) is 16.8. The van der Waals surface area contributed by atoms with Gasteiger partial charge in [-0.2, -0.15) is 0 Å².